The number of nitrogens with zero attached hydrogens (tertiary/aromatic N) is 3. The fourth-order valence-corrected chi connectivity index (χ4v) is 1.87. The van der Waals surface area contributed by atoms with E-state index in [-0.39, 0.29) is 12.1 Å². The summed E-state index contributed by atoms with van der Waals surface area (Å²) in [6.45, 7) is 6.66. The number of likely N-dealkylation sites (tertiary alicyclic amines) is 1. The topological polar surface area (TPSA) is 78.2 Å². The number of nitrogens with one attached hydrogen (secondary N) is 1. The summed E-state index contributed by atoms with van der Waals surface area (Å²) in [6, 6.07) is 3.89. The Bertz CT molecular complexity index is 539. The van der Waals surface area contributed by atoms with Gasteiger partial charge >= 0.3 is 6.09 Å². The van der Waals surface area contributed by atoms with Crippen molar-refractivity contribution in [3.8, 4) is 6.07 Å². The molecular weight excluding hydrogens is 256 g/mol. The molecule has 6 nitrogen and oxygen atoms in total. The number of anilines is 1. The van der Waals surface area contributed by atoms with Gasteiger partial charge in [0.1, 0.15) is 11.7 Å². The monoisotopic (exact) mass is 274 g/mol. The summed E-state index contributed by atoms with van der Waals surface area (Å²) in [7, 11) is 0. The lowest BCUT2D eigenvalue weighted by Crippen LogP contribution is -2.58. The van der Waals surface area contributed by atoms with E-state index in [0.717, 1.165) is 0 Å². The van der Waals surface area contributed by atoms with Crippen LogP contribution in [0.15, 0.2) is 18.5 Å². The molecule has 0 bridgehead atoms. The Labute approximate surface area is 118 Å². The van der Waals surface area contributed by atoms with Crippen LogP contribution in [-0.2, 0) is 4.74 Å². The van der Waals surface area contributed by atoms with Crippen molar-refractivity contribution in [2.24, 2.45) is 0 Å². The molecule has 0 radical (unpaired) electrons. The molecule has 1 saturated heterocycles. The SMILES string of the molecule is CC(C)(C)OC(=O)N1CC(Nc2cnccc2C#N)C1. The predicted molar refractivity (Wildman–Crippen MR) is 74.2 cm³/mol. The average Bonchev–Trinajstić information content (AvgIpc) is 2.31. The van der Waals surface area contributed by atoms with Crippen molar-refractivity contribution in [1.29, 1.82) is 5.26 Å². The molecule has 0 aliphatic carbocycles. The van der Waals surface area contributed by atoms with Crippen LogP contribution in [0.1, 0.15) is 26.3 Å². The zero-order valence-electron chi connectivity index (χ0n) is 11.9. The highest BCUT2D eigenvalue weighted by atomic mass is 16.6. The Morgan fingerprint density at radius 3 is 2.85 bits per heavy atom. The molecule has 1 aromatic heterocycles. The molecule has 1 aromatic rings. The minimum atomic E-state index is -0.479. The number of ether oxygens (including phenoxy) is 1. The Balaban J connectivity index is 1.86. The Hall–Kier alpha value is -2.29. The molecule has 2 heterocycles. The minimum absolute atomic E-state index is 0.124. The van der Waals surface area contributed by atoms with E-state index in [1.165, 1.54) is 0 Å². The van der Waals surface area contributed by atoms with Crippen LogP contribution < -0.4 is 5.32 Å². The summed E-state index contributed by atoms with van der Waals surface area (Å²) in [4.78, 5) is 17.4. The first-order chi connectivity index (χ1) is 9.39. The fraction of sp³-hybridized carbons (Fsp3) is 0.500. The normalized spacial score (nSPS) is 15.2. The van der Waals surface area contributed by atoms with Crippen molar-refractivity contribution in [2.45, 2.75) is 32.4 Å². The lowest BCUT2D eigenvalue weighted by Gasteiger charge is -2.40. The number of aromatic nitrogens is 1. The molecule has 1 aliphatic heterocycles. The van der Waals surface area contributed by atoms with E-state index in [4.69, 9.17) is 10.00 Å². The van der Waals surface area contributed by atoms with Gasteiger partial charge in [-0.2, -0.15) is 5.26 Å². The van der Waals surface area contributed by atoms with Crippen molar-refractivity contribution >= 4 is 11.8 Å². The van der Waals surface area contributed by atoms with Crippen molar-refractivity contribution in [1.82, 2.24) is 9.88 Å². The smallest absolute Gasteiger partial charge is 0.410 e. The van der Waals surface area contributed by atoms with Gasteiger partial charge in [-0.3, -0.25) is 4.98 Å². The quantitative estimate of drug-likeness (QED) is 0.892. The standard InChI is InChI=1S/C14H18N4O2/c1-14(2,3)20-13(19)18-8-11(9-18)17-12-7-16-5-4-10(12)6-15/h4-5,7,11,17H,8-9H2,1-3H3. The number of nitriles is 1. The molecule has 1 amide bonds. The molecule has 0 saturated carbocycles. The van der Waals surface area contributed by atoms with Crippen LogP contribution >= 0.6 is 0 Å². The zero-order valence-corrected chi connectivity index (χ0v) is 11.9. The minimum Gasteiger partial charge on any atom is -0.444 e. The summed E-state index contributed by atoms with van der Waals surface area (Å²) in [5, 5.41) is 12.2. The average molecular weight is 274 g/mol. The lowest BCUT2D eigenvalue weighted by atomic mass is 10.1. The number of carbonyl (C=O) groups is 1. The molecule has 6 heteroatoms. The summed E-state index contributed by atoms with van der Waals surface area (Å²) >= 11 is 0. The second-order valence-electron chi connectivity index (χ2n) is 5.76. The first-order valence-electron chi connectivity index (χ1n) is 6.47. The molecule has 0 aromatic carbocycles. The van der Waals surface area contributed by atoms with E-state index >= 15 is 0 Å². The van der Waals surface area contributed by atoms with Crippen molar-refractivity contribution in [3.05, 3.63) is 24.0 Å². The summed E-state index contributed by atoms with van der Waals surface area (Å²) in [5.41, 5.74) is 0.770. The van der Waals surface area contributed by atoms with Crippen LogP contribution in [0.25, 0.3) is 0 Å². The third-order valence-electron chi connectivity index (χ3n) is 2.83. The van der Waals surface area contributed by atoms with Crippen molar-refractivity contribution in [3.63, 3.8) is 0 Å². The second-order valence-corrected chi connectivity index (χ2v) is 5.76. The van der Waals surface area contributed by atoms with Crippen molar-refractivity contribution < 1.29 is 9.53 Å². The van der Waals surface area contributed by atoms with Gasteiger partial charge in [0.05, 0.1) is 23.5 Å². The Morgan fingerprint density at radius 2 is 2.25 bits per heavy atom. The van der Waals surface area contributed by atoms with E-state index in [1.54, 1.807) is 23.4 Å². The summed E-state index contributed by atoms with van der Waals surface area (Å²) in [5.74, 6) is 0. The van der Waals surface area contributed by atoms with Gasteiger partial charge < -0.3 is 15.0 Å². The predicted octanol–water partition coefficient (Wildman–Crippen LogP) is 1.98. The maximum atomic E-state index is 11.8. The number of amides is 1. The van der Waals surface area contributed by atoms with E-state index in [0.29, 0.717) is 24.3 Å². The fourth-order valence-electron chi connectivity index (χ4n) is 1.87. The highest BCUT2D eigenvalue weighted by Crippen LogP contribution is 2.20. The molecule has 0 spiro atoms. The Kier molecular flexibility index (Phi) is 3.79. The van der Waals surface area contributed by atoms with Gasteiger partial charge in [-0.1, -0.05) is 0 Å². The van der Waals surface area contributed by atoms with Gasteiger partial charge in [0.15, 0.2) is 0 Å². The number of pyridine rings is 1. The number of hydrogen-bond donors (Lipinski definition) is 1. The first kappa shape index (κ1) is 14.1. The van der Waals surface area contributed by atoms with Crippen LogP contribution in [0.5, 0.6) is 0 Å². The van der Waals surface area contributed by atoms with E-state index in [1.807, 2.05) is 20.8 Å². The summed E-state index contributed by atoms with van der Waals surface area (Å²) in [6.07, 6.45) is 2.90. The van der Waals surface area contributed by atoms with Gasteiger partial charge in [0.25, 0.3) is 0 Å². The second kappa shape index (κ2) is 5.37. The third-order valence-corrected chi connectivity index (χ3v) is 2.83. The van der Waals surface area contributed by atoms with Gasteiger partial charge in [0.2, 0.25) is 0 Å². The molecule has 106 valence electrons. The number of carbonyl (C=O) groups excluding carboxylic acids is 1. The molecule has 1 fully saturated rings. The third kappa shape index (κ3) is 3.38. The van der Waals surface area contributed by atoms with Gasteiger partial charge in [-0.05, 0) is 26.8 Å². The largest absolute Gasteiger partial charge is 0.444 e. The maximum absolute atomic E-state index is 11.8. The highest BCUT2D eigenvalue weighted by molar-refractivity contribution is 5.70. The molecule has 2 rings (SSSR count). The molecule has 0 unspecified atom stereocenters. The van der Waals surface area contributed by atoms with Gasteiger partial charge in [-0.25, -0.2) is 4.79 Å². The van der Waals surface area contributed by atoms with Crippen LogP contribution in [0, 0.1) is 11.3 Å². The first-order valence-corrected chi connectivity index (χ1v) is 6.47. The van der Waals surface area contributed by atoms with Crippen molar-refractivity contribution in [2.75, 3.05) is 18.4 Å². The molecule has 1 aliphatic rings. The van der Waals surface area contributed by atoms with Crippen LogP contribution in [0.2, 0.25) is 0 Å². The maximum Gasteiger partial charge on any atom is 0.410 e. The summed E-state index contributed by atoms with van der Waals surface area (Å²) < 4.78 is 5.28. The van der Waals surface area contributed by atoms with Gasteiger partial charge in [0, 0.05) is 19.3 Å². The molecule has 20 heavy (non-hydrogen) atoms. The van der Waals surface area contributed by atoms with E-state index in [9.17, 15) is 4.79 Å². The number of rotatable bonds is 2. The Morgan fingerprint density at radius 1 is 1.55 bits per heavy atom. The lowest BCUT2D eigenvalue weighted by molar-refractivity contribution is 0.0105. The van der Waals surface area contributed by atoms with Crippen LogP contribution in [0.4, 0.5) is 10.5 Å². The molecule has 1 N–H and O–H groups in total. The molecule has 0 atom stereocenters. The van der Waals surface area contributed by atoms with Crippen LogP contribution in [-0.4, -0.2) is 40.7 Å². The molecular formula is C14H18N4O2. The van der Waals surface area contributed by atoms with Gasteiger partial charge in [-0.15, -0.1) is 0 Å². The van der Waals surface area contributed by atoms with E-state index < -0.39 is 5.60 Å². The zero-order chi connectivity index (χ0) is 14.8. The highest BCUT2D eigenvalue weighted by Gasteiger charge is 2.33. The number of hydrogen-bond acceptors (Lipinski definition) is 5. The van der Waals surface area contributed by atoms with E-state index in [2.05, 4.69) is 16.4 Å². The van der Waals surface area contributed by atoms with Crippen LogP contribution in [0.3, 0.4) is 0 Å².